The first-order chi connectivity index (χ1) is 8.86. The maximum atomic E-state index is 12.2. The average Bonchev–Trinajstić information content (AvgIpc) is 3.10. The first kappa shape index (κ1) is 10.9. The highest BCUT2D eigenvalue weighted by molar-refractivity contribution is 5.90. The molecule has 0 bridgehead atoms. The van der Waals surface area contributed by atoms with Gasteiger partial charge in [-0.2, -0.15) is 5.21 Å². The van der Waals surface area contributed by atoms with E-state index in [0.29, 0.717) is 0 Å². The molecule has 1 unspecified atom stereocenters. The number of aromatic nitrogens is 4. The predicted molar refractivity (Wildman–Crippen MR) is 63.6 cm³/mol. The highest BCUT2D eigenvalue weighted by Gasteiger charge is 2.32. The molecular formula is C12H13N5O. The van der Waals surface area contributed by atoms with Gasteiger partial charge in [-0.05, 0) is 23.6 Å². The van der Waals surface area contributed by atoms with Crippen molar-refractivity contribution in [1.29, 1.82) is 0 Å². The Morgan fingerprint density at radius 2 is 2.17 bits per heavy atom. The van der Waals surface area contributed by atoms with Crippen molar-refractivity contribution < 1.29 is 4.79 Å². The van der Waals surface area contributed by atoms with Gasteiger partial charge in [-0.1, -0.05) is 30.3 Å². The average molecular weight is 243 g/mol. The molecule has 1 aromatic carbocycles. The summed E-state index contributed by atoms with van der Waals surface area (Å²) in [5, 5.41) is 13.2. The molecule has 1 saturated heterocycles. The van der Waals surface area contributed by atoms with E-state index in [0.717, 1.165) is 24.9 Å². The lowest BCUT2D eigenvalue weighted by Crippen LogP contribution is -2.31. The van der Waals surface area contributed by atoms with Crippen LogP contribution >= 0.6 is 0 Å². The Labute approximate surface area is 104 Å². The molecule has 0 aliphatic carbocycles. The number of carbonyl (C=O) groups excluding carboxylic acids is 1. The zero-order chi connectivity index (χ0) is 12.4. The normalized spacial score (nSPS) is 19.1. The van der Waals surface area contributed by atoms with E-state index in [-0.39, 0.29) is 17.8 Å². The number of H-pyrrole nitrogens is 1. The van der Waals surface area contributed by atoms with Crippen LogP contribution in [0.15, 0.2) is 30.3 Å². The third-order valence-electron chi connectivity index (χ3n) is 3.23. The molecule has 6 heteroatoms. The van der Waals surface area contributed by atoms with Gasteiger partial charge in [-0.15, -0.1) is 10.2 Å². The Morgan fingerprint density at radius 1 is 1.33 bits per heavy atom. The number of carbonyl (C=O) groups is 1. The number of nitrogens with one attached hydrogen (secondary N) is 1. The lowest BCUT2D eigenvalue weighted by Gasteiger charge is -2.23. The standard InChI is InChI=1S/C12H13N5O/c18-12(11-13-15-16-14-11)17-8-4-7-10(17)9-5-2-1-3-6-9/h1-3,5-6,10H,4,7-8H2,(H,13,14,15,16). The zero-order valence-electron chi connectivity index (χ0n) is 9.78. The Bertz CT molecular complexity index is 525. The Balaban J connectivity index is 1.86. The van der Waals surface area contributed by atoms with Crippen molar-refractivity contribution in [3.8, 4) is 0 Å². The van der Waals surface area contributed by atoms with Gasteiger partial charge in [0.2, 0.25) is 0 Å². The van der Waals surface area contributed by atoms with E-state index in [9.17, 15) is 4.79 Å². The van der Waals surface area contributed by atoms with Gasteiger partial charge in [0, 0.05) is 6.54 Å². The van der Waals surface area contributed by atoms with E-state index in [4.69, 9.17) is 0 Å². The summed E-state index contributed by atoms with van der Waals surface area (Å²) in [6, 6.07) is 10.2. The highest BCUT2D eigenvalue weighted by atomic mass is 16.2. The fourth-order valence-corrected chi connectivity index (χ4v) is 2.41. The molecule has 18 heavy (non-hydrogen) atoms. The highest BCUT2D eigenvalue weighted by Crippen LogP contribution is 2.32. The van der Waals surface area contributed by atoms with Gasteiger partial charge in [0.25, 0.3) is 11.7 Å². The molecule has 0 saturated carbocycles. The predicted octanol–water partition coefficient (Wildman–Crippen LogP) is 1.18. The summed E-state index contributed by atoms with van der Waals surface area (Å²) < 4.78 is 0. The number of aromatic amines is 1. The smallest absolute Gasteiger partial charge is 0.295 e. The van der Waals surface area contributed by atoms with Crippen LogP contribution < -0.4 is 0 Å². The van der Waals surface area contributed by atoms with Gasteiger partial charge in [-0.25, -0.2) is 0 Å². The minimum atomic E-state index is -0.157. The molecule has 1 aromatic heterocycles. The molecule has 0 radical (unpaired) electrons. The van der Waals surface area contributed by atoms with Crippen molar-refractivity contribution in [2.24, 2.45) is 0 Å². The number of rotatable bonds is 2. The van der Waals surface area contributed by atoms with Crippen molar-refractivity contribution in [3.63, 3.8) is 0 Å². The maximum absolute atomic E-state index is 12.2. The van der Waals surface area contributed by atoms with Crippen molar-refractivity contribution in [1.82, 2.24) is 25.5 Å². The summed E-state index contributed by atoms with van der Waals surface area (Å²) in [6.07, 6.45) is 1.98. The topological polar surface area (TPSA) is 74.8 Å². The van der Waals surface area contributed by atoms with Crippen LogP contribution in [-0.2, 0) is 0 Å². The third kappa shape index (κ3) is 1.85. The van der Waals surface area contributed by atoms with Gasteiger partial charge in [0.1, 0.15) is 0 Å². The summed E-state index contributed by atoms with van der Waals surface area (Å²) in [5.74, 6) is -0.0204. The minimum absolute atomic E-state index is 0.122. The summed E-state index contributed by atoms with van der Waals surface area (Å²) in [7, 11) is 0. The van der Waals surface area contributed by atoms with E-state index in [1.807, 2.05) is 35.2 Å². The first-order valence-corrected chi connectivity index (χ1v) is 5.95. The van der Waals surface area contributed by atoms with Gasteiger partial charge in [0.05, 0.1) is 6.04 Å². The Kier molecular flexibility index (Phi) is 2.76. The molecule has 1 aliphatic rings. The van der Waals surface area contributed by atoms with Crippen molar-refractivity contribution >= 4 is 5.91 Å². The second-order valence-corrected chi connectivity index (χ2v) is 4.30. The third-order valence-corrected chi connectivity index (χ3v) is 3.23. The number of benzene rings is 1. The number of tetrazole rings is 1. The summed E-state index contributed by atoms with van der Waals surface area (Å²) in [4.78, 5) is 14.1. The quantitative estimate of drug-likeness (QED) is 0.859. The lowest BCUT2D eigenvalue weighted by atomic mass is 10.0. The Hall–Kier alpha value is -2.24. The van der Waals surface area contributed by atoms with Gasteiger partial charge < -0.3 is 4.90 Å². The van der Waals surface area contributed by atoms with Crippen molar-refractivity contribution in [3.05, 3.63) is 41.7 Å². The van der Waals surface area contributed by atoms with E-state index >= 15 is 0 Å². The molecule has 92 valence electrons. The molecule has 2 heterocycles. The maximum Gasteiger partial charge on any atom is 0.295 e. The van der Waals surface area contributed by atoms with Gasteiger partial charge in [-0.3, -0.25) is 4.79 Å². The number of nitrogens with zero attached hydrogens (tertiary/aromatic N) is 4. The van der Waals surface area contributed by atoms with Crippen LogP contribution in [0.4, 0.5) is 0 Å². The molecule has 1 aliphatic heterocycles. The monoisotopic (exact) mass is 243 g/mol. The number of amides is 1. The molecule has 3 rings (SSSR count). The molecular weight excluding hydrogens is 230 g/mol. The fraction of sp³-hybridized carbons (Fsp3) is 0.333. The van der Waals surface area contributed by atoms with E-state index < -0.39 is 0 Å². The van der Waals surface area contributed by atoms with E-state index in [1.165, 1.54) is 0 Å². The van der Waals surface area contributed by atoms with Crippen molar-refractivity contribution in [2.45, 2.75) is 18.9 Å². The second kappa shape index (κ2) is 4.56. The number of hydrogen-bond donors (Lipinski definition) is 1. The largest absolute Gasteiger partial charge is 0.329 e. The second-order valence-electron chi connectivity index (χ2n) is 4.30. The van der Waals surface area contributed by atoms with Crippen LogP contribution in [-0.4, -0.2) is 38.0 Å². The molecule has 1 N–H and O–H groups in total. The lowest BCUT2D eigenvalue weighted by molar-refractivity contribution is 0.0723. The van der Waals surface area contributed by atoms with Crippen LogP contribution in [0.2, 0.25) is 0 Å². The summed E-state index contributed by atoms with van der Waals surface area (Å²) >= 11 is 0. The zero-order valence-corrected chi connectivity index (χ0v) is 9.78. The van der Waals surface area contributed by atoms with Crippen LogP contribution in [0, 0.1) is 0 Å². The first-order valence-electron chi connectivity index (χ1n) is 5.95. The molecule has 0 spiro atoms. The number of hydrogen-bond acceptors (Lipinski definition) is 4. The molecule has 1 amide bonds. The van der Waals surface area contributed by atoms with Gasteiger partial charge >= 0.3 is 0 Å². The molecule has 1 atom stereocenters. The molecule has 1 fully saturated rings. The van der Waals surface area contributed by atoms with Crippen LogP contribution in [0.1, 0.15) is 35.1 Å². The van der Waals surface area contributed by atoms with Crippen molar-refractivity contribution in [2.75, 3.05) is 6.54 Å². The summed E-state index contributed by atoms with van der Waals surface area (Å²) in [5.41, 5.74) is 1.16. The summed E-state index contributed by atoms with van der Waals surface area (Å²) in [6.45, 7) is 0.743. The van der Waals surface area contributed by atoms with E-state index in [2.05, 4.69) is 20.6 Å². The fourth-order valence-electron chi connectivity index (χ4n) is 2.41. The molecule has 2 aromatic rings. The minimum Gasteiger partial charge on any atom is -0.329 e. The molecule has 6 nitrogen and oxygen atoms in total. The van der Waals surface area contributed by atoms with Gasteiger partial charge in [0.15, 0.2) is 0 Å². The van der Waals surface area contributed by atoms with Crippen LogP contribution in [0.25, 0.3) is 0 Å². The van der Waals surface area contributed by atoms with E-state index in [1.54, 1.807) is 0 Å². The Morgan fingerprint density at radius 3 is 2.89 bits per heavy atom. The SMILES string of the molecule is O=C(c1nn[nH]n1)N1CCCC1c1ccccc1. The van der Waals surface area contributed by atoms with Crippen LogP contribution in [0.5, 0.6) is 0 Å². The number of likely N-dealkylation sites (tertiary alicyclic amines) is 1. The van der Waals surface area contributed by atoms with Crippen LogP contribution in [0.3, 0.4) is 0 Å².